The van der Waals surface area contributed by atoms with Crippen molar-refractivity contribution >= 4 is 43.5 Å². The minimum atomic E-state index is -3.91. The first-order valence-electron chi connectivity index (χ1n) is 9.22. The number of aryl methyl sites for hydroxylation is 1. The number of carbonyl (C=O) groups excluding carboxylic acids is 2. The fourth-order valence-electron chi connectivity index (χ4n) is 2.96. The summed E-state index contributed by atoms with van der Waals surface area (Å²) in [5.74, 6) is -0.137. The lowest BCUT2D eigenvalue weighted by molar-refractivity contribution is -0.140. The highest BCUT2D eigenvalue weighted by molar-refractivity contribution is 7.89. The number of hydrogen-bond donors (Lipinski definition) is 1. The van der Waals surface area contributed by atoms with Crippen LogP contribution < -0.4 is 19.4 Å². The summed E-state index contributed by atoms with van der Waals surface area (Å²) in [6, 6.07) is 8.98. The molecule has 2 aromatic carbocycles. The van der Waals surface area contributed by atoms with Gasteiger partial charge in [-0.15, -0.1) is 0 Å². The molecule has 0 spiro atoms. The molecule has 12 heteroatoms. The molecule has 10 nitrogen and oxygen atoms in total. The molecule has 0 atom stereocenters. The van der Waals surface area contributed by atoms with Crippen molar-refractivity contribution in [2.24, 2.45) is 10.1 Å². The van der Waals surface area contributed by atoms with Gasteiger partial charge in [-0.05, 0) is 36.4 Å². The van der Waals surface area contributed by atoms with Gasteiger partial charge in [0.2, 0.25) is 10.0 Å². The molecule has 0 saturated heterocycles. The average molecular weight is 480 g/mol. The van der Waals surface area contributed by atoms with Gasteiger partial charge in [-0.1, -0.05) is 11.3 Å². The highest BCUT2D eigenvalue weighted by atomic mass is 32.2. The van der Waals surface area contributed by atoms with Gasteiger partial charge in [0, 0.05) is 12.1 Å². The highest BCUT2D eigenvalue weighted by Crippen LogP contribution is 2.28. The van der Waals surface area contributed by atoms with Crippen LogP contribution >= 0.6 is 11.3 Å². The molecule has 0 aliphatic rings. The number of carbonyl (C=O) groups is 2. The zero-order chi connectivity index (χ0) is 23.5. The van der Waals surface area contributed by atoms with Crippen LogP contribution in [0.2, 0.25) is 0 Å². The molecule has 0 radical (unpaired) electrons. The highest BCUT2D eigenvalue weighted by Gasteiger charge is 2.15. The van der Waals surface area contributed by atoms with Gasteiger partial charge in [-0.25, -0.2) is 13.6 Å². The topological polar surface area (TPSA) is 139 Å². The number of hydrogen-bond acceptors (Lipinski definition) is 8. The van der Waals surface area contributed by atoms with Gasteiger partial charge in [0.15, 0.2) is 16.3 Å². The largest absolute Gasteiger partial charge is 0.493 e. The smallest absolute Gasteiger partial charge is 0.307 e. The van der Waals surface area contributed by atoms with E-state index >= 15 is 0 Å². The Morgan fingerprint density at radius 3 is 2.41 bits per heavy atom. The quantitative estimate of drug-likeness (QED) is 0.509. The number of rotatable bonds is 7. The van der Waals surface area contributed by atoms with E-state index in [1.165, 1.54) is 39.5 Å². The zero-order valence-electron chi connectivity index (χ0n) is 17.5. The number of aromatic nitrogens is 1. The summed E-state index contributed by atoms with van der Waals surface area (Å²) >= 11 is 1.10. The number of methoxy groups -OCH3 is 3. The third-order valence-corrected chi connectivity index (χ3v) is 6.53. The Kier molecular flexibility index (Phi) is 6.96. The summed E-state index contributed by atoms with van der Waals surface area (Å²) in [7, 11) is 0.317. The van der Waals surface area contributed by atoms with Gasteiger partial charge in [0.25, 0.3) is 5.91 Å². The van der Waals surface area contributed by atoms with Gasteiger partial charge in [0.05, 0.1) is 42.9 Å². The maximum atomic E-state index is 12.9. The standard InChI is InChI=1S/C20H21N3O7S2/c1-28-15-7-4-12(10-16(15)29-2)19(25)22-20-23(9-8-18(24)30-3)14-6-5-13(32(21,26)27)11-17(14)31-20/h4-7,10-11H,8-9H2,1-3H3,(H2,21,26,27). The summed E-state index contributed by atoms with van der Waals surface area (Å²) in [4.78, 5) is 28.9. The lowest BCUT2D eigenvalue weighted by Crippen LogP contribution is -2.19. The van der Waals surface area contributed by atoms with E-state index in [-0.39, 0.29) is 28.2 Å². The van der Waals surface area contributed by atoms with Crippen LogP contribution in [0.15, 0.2) is 46.3 Å². The van der Waals surface area contributed by atoms with Crippen molar-refractivity contribution < 1.29 is 32.2 Å². The second-order valence-electron chi connectivity index (χ2n) is 6.52. The molecule has 0 saturated carbocycles. The maximum absolute atomic E-state index is 12.9. The molecule has 0 aliphatic heterocycles. The van der Waals surface area contributed by atoms with E-state index in [1.54, 1.807) is 22.8 Å². The fraction of sp³-hybridized carbons (Fsp3) is 0.250. The van der Waals surface area contributed by atoms with Crippen LogP contribution in [-0.2, 0) is 26.1 Å². The molecule has 0 unspecified atom stereocenters. The van der Waals surface area contributed by atoms with E-state index in [9.17, 15) is 18.0 Å². The molecule has 1 heterocycles. The average Bonchev–Trinajstić information content (AvgIpc) is 3.12. The monoisotopic (exact) mass is 479 g/mol. The van der Waals surface area contributed by atoms with Crippen molar-refractivity contribution in [3.8, 4) is 11.5 Å². The number of esters is 1. The molecule has 0 bridgehead atoms. The molecule has 32 heavy (non-hydrogen) atoms. The Hall–Kier alpha value is -3.22. The van der Waals surface area contributed by atoms with E-state index in [2.05, 4.69) is 4.99 Å². The Morgan fingerprint density at radius 2 is 1.78 bits per heavy atom. The fourth-order valence-corrected chi connectivity index (χ4v) is 4.67. The molecule has 3 aromatic rings. The first kappa shape index (κ1) is 23.4. The summed E-state index contributed by atoms with van der Waals surface area (Å²) in [6.07, 6.45) is 0.0387. The van der Waals surface area contributed by atoms with E-state index in [0.29, 0.717) is 21.7 Å². The molecule has 0 fully saturated rings. The van der Waals surface area contributed by atoms with Gasteiger partial charge in [-0.2, -0.15) is 4.99 Å². The minimum Gasteiger partial charge on any atom is -0.493 e. The van der Waals surface area contributed by atoms with Gasteiger partial charge in [-0.3, -0.25) is 9.59 Å². The number of sulfonamides is 1. The van der Waals surface area contributed by atoms with Gasteiger partial charge < -0.3 is 18.8 Å². The van der Waals surface area contributed by atoms with E-state index in [4.69, 9.17) is 19.3 Å². The predicted molar refractivity (Wildman–Crippen MR) is 117 cm³/mol. The second kappa shape index (κ2) is 9.51. The van der Waals surface area contributed by atoms with Crippen molar-refractivity contribution in [1.82, 2.24) is 4.57 Å². The van der Waals surface area contributed by atoms with E-state index in [0.717, 1.165) is 11.3 Å². The first-order chi connectivity index (χ1) is 15.2. The molecule has 1 amide bonds. The number of nitrogens with two attached hydrogens (primary N) is 1. The van der Waals surface area contributed by atoms with E-state index < -0.39 is 21.9 Å². The van der Waals surface area contributed by atoms with Gasteiger partial charge in [0.1, 0.15) is 0 Å². The van der Waals surface area contributed by atoms with Crippen LogP contribution in [0.25, 0.3) is 10.2 Å². The second-order valence-corrected chi connectivity index (χ2v) is 9.09. The number of benzene rings is 2. The molecular weight excluding hydrogens is 458 g/mol. The Morgan fingerprint density at radius 1 is 1.06 bits per heavy atom. The van der Waals surface area contributed by atoms with Crippen LogP contribution in [0.3, 0.4) is 0 Å². The van der Waals surface area contributed by atoms with Crippen LogP contribution in [-0.4, -0.2) is 46.2 Å². The van der Waals surface area contributed by atoms with E-state index in [1.807, 2.05) is 0 Å². The van der Waals surface area contributed by atoms with Crippen molar-refractivity contribution in [1.29, 1.82) is 0 Å². The number of primary sulfonamides is 1. The summed E-state index contributed by atoms with van der Waals surface area (Å²) < 4.78 is 40.7. The third kappa shape index (κ3) is 4.98. The van der Waals surface area contributed by atoms with Gasteiger partial charge >= 0.3 is 5.97 Å². The maximum Gasteiger partial charge on any atom is 0.307 e. The van der Waals surface area contributed by atoms with Crippen LogP contribution in [0, 0.1) is 0 Å². The Bertz CT molecular complexity index is 1360. The number of nitrogens with zero attached hydrogens (tertiary/aromatic N) is 2. The molecule has 1 aromatic heterocycles. The molecule has 3 rings (SSSR count). The Labute approximate surface area is 187 Å². The SMILES string of the molecule is COC(=O)CCn1c(=NC(=O)c2ccc(OC)c(OC)c2)sc2cc(S(N)(=O)=O)ccc21. The van der Waals surface area contributed by atoms with Crippen LogP contribution in [0.4, 0.5) is 0 Å². The molecular formula is C20H21N3O7S2. The number of amides is 1. The molecule has 0 aliphatic carbocycles. The summed E-state index contributed by atoms with van der Waals surface area (Å²) in [5, 5.41) is 5.23. The predicted octanol–water partition coefficient (Wildman–Crippen LogP) is 1.67. The van der Waals surface area contributed by atoms with Crippen LogP contribution in [0.1, 0.15) is 16.8 Å². The Balaban J connectivity index is 2.13. The number of ether oxygens (including phenoxy) is 3. The normalized spacial score (nSPS) is 12.1. The third-order valence-electron chi connectivity index (χ3n) is 4.58. The van der Waals surface area contributed by atoms with Crippen molar-refractivity contribution in [2.75, 3.05) is 21.3 Å². The van der Waals surface area contributed by atoms with Crippen LogP contribution in [0.5, 0.6) is 11.5 Å². The molecule has 2 N–H and O–H groups in total. The van der Waals surface area contributed by atoms with Crippen molar-refractivity contribution in [3.05, 3.63) is 46.8 Å². The lowest BCUT2D eigenvalue weighted by atomic mass is 10.2. The van der Waals surface area contributed by atoms with Crippen molar-refractivity contribution in [2.45, 2.75) is 17.9 Å². The minimum absolute atomic E-state index is 0.0387. The van der Waals surface area contributed by atoms with Crippen molar-refractivity contribution in [3.63, 3.8) is 0 Å². The first-order valence-corrected chi connectivity index (χ1v) is 11.6. The molecule has 170 valence electrons. The lowest BCUT2D eigenvalue weighted by Gasteiger charge is -2.08. The summed E-state index contributed by atoms with van der Waals surface area (Å²) in [6.45, 7) is 0.180. The number of thiazole rings is 1. The zero-order valence-corrected chi connectivity index (χ0v) is 19.2. The summed E-state index contributed by atoms with van der Waals surface area (Å²) in [5.41, 5.74) is 0.870. The number of fused-ring (bicyclic) bond motifs is 1.